The molecule has 0 saturated carbocycles. The van der Waals surface area contributed by atoms with E-state index in [1.165, 1.54) is 44.2 Å². The number of aromatic nitrogens is 1. The average Bonchev–Trinajstić information content (AvgIpc) is 2.35. The molecule has 1 aromatic rings. The molecular formula is C9H13NS. The lowest BCUT2D eigenvalue weighted by molar-refractivity contribution is 0.615. The van der Waals surface area contributed by atoms with E-state index in [0.29, 0.717) is 0 Å². The lowest BCUT2D eigenvalue weighted by Crippen LogP contribution is -1.96. The molecule has 0 aromatic carbocycles. The van der Waals surface area contributed by atoms with Crippen LogP contribution in [-0.2, 0) is 12.8 Å². The molecule has 60 valence electrons. The van der Waals surface area contributed by atoms with E-state index in [2.05, 4.69) is 4.98 Å². The second-order valence-electron chi connectivity index (χ2n) is 3.14. The zero-order chi connectivity index (χ0) is 7.52. The average molecular weight is 167 g/mol. The molecular weight excluding hydrogens is 154 g/mol. The Bertz CT molecular complexity index is 207. The molecule has 11 heavy (non-hydrogen) atoms. The third-order valence-corrected chi connectivity index (χ3v) is 3.23. The van der Waals surface area contributed by atoms with Crippen LogP contribution in [0.15, 0.2) is 5.51 Å². The van der Waals surface area contributed by atoms with Gasteiger partial charge in [-0.3, -0.25) is 0 Å². The largest absolute Gasteiger partial charge is 0.249 e. The maximum absolute atomic E-state index is 4.38. The van der Waals surface area contributed by atoms with Crippen molar-refractivity contribution >= 4 is 11.3 Å². The van der Waals surface area contributed by atoms with Crippen molar-refractivity contribution in [3.8, 4) is 0 Å². The summed E-state index contributed by atoms with van der Waals surface area (Å²) in [7, 11) is 0. The van der Waals surface area contributed by atoms with Crippen molar-refractivity contribution in [2.45, 2.75) is 38.5 Å². The molecule has 1 nitrogen and oxygen atoms in total. The first kappa shape index (κ1) is 7.29. The van der Waals surface area contributed by atoms with Crippen LogP contribution in [0.5, 0.6) is 0 Å². The Morgan fingerprint density at radius 1 is 1.09 bits per heavy atom. The van der Waals surface area contributed by atoms with Gasteiger partial charge in [0.2, 0.25) is 0 Å². The van der Waals surface area contributed by atoms with Crippen molar-refractivity contribution in [1.82, 2.24) is 4.98 Å². The Hall–Kier alpha value is -0.370. The van der Waals surface area contributed by atoms with Gasteiger partial charge in [-0.2, -0.15) is 0 Å². The second kappa shape index (κ2) is 3.35. The van der Waals surface area contributed by atoms with E-state index < -0.39 is 0 Å². The summed E-state index contributed by atoms with van der Waals surface area (Å²) in [5, 5.41) is 0. The van der Waals surface area contributed by atoms with Crippen LogP contribution < -0.4 is 0 Å². The fourth-order valence-corrected chi connectivity index (χ4v) is 2.49. The second-order valence-corrected chi connectivity index (χ2v) is 4.08. The molecule has 0 amide bonds. The minimum Gasteiger partial charge on any atom is -0.249 e. The number of fused-ring (bicyclic) bond motifs is 1. The van der Waals surface area contributed by atoms with Crippen LogP contribution in [0.4, 0.5) is 0 Å². The van der Waals surface area contributed by atoms with Crippen LogP contribution in [0.25, 0.3) is 0 Å². The van der Waals surface area contributed by atoms with E-state index >= 15 is 0 Å². The van der Waals surface area contributed by atoms with Gasteiger partial charge in [-0.25, -0.2) is 4.98 Å². The maximum atomic E-state index is 4.38. The lowest BCUT2D eigenvalue weighted by Gasteiger charge is -2.06. The van der Waals surface area contributed by atoms with Gasteiger partial charge in [0.25, 0.3) is 0 Å². The highest BCUT2D eigenvalue weighted by Gasteiger charge is 2.08. The summed E-state index contributed by atoms with van der Waals surface area (Å²) in [6, 6.07) is 0. The number of rotatable bonds is 0. The van der Waals surface area contributed by atoms with E-state index in [4.69, 9.17) is 0 Å². The smallest absolute Gasteiger partial charge is 0.0797 e. The first-order valence-corrected chi connectivity index (χ1v) is 5.26. The van der Waals surface area contributed by atoms with Gasteiger partial charge in [-0.05, 0) is 25.7 Å². The summed E-state index contributed by atoms with van der Waals surface area (Å²) in [5.41, 5.74) is 3.38. The Kier molecular flexibility index (Phi) is 2.22. The maximum Gasteiger partial charge on any atom is 0.0797 e. The summed E-state index contributed by atoms with van der Waals surface area (Å²) in [6.45, 7) is 0. The molecule has 2 heteroatoms. The zero-order valence-corrected chi connectivity index (χ0v) is 7.49. The molecule has 0 bridgehead atoms. The third-order valence-electron chi connectivity index (χ3n) is 2.29. The normalized spacial score (nSPS) is 18.5. The van der Waals surface area contributed by atoms with Gasteiger partial charge in [0, 0.05) is 4.88 Å². The molecule has 0 atom stereocenters. The topological polar surface area (TPSA) is 12.9 Å². The molecule has 0 fully saturated rings. The number of hydrogen-bond acceptors (Lipinski definition) is 2. The highest BCUT2D eigenvalue weighted by Crippen LogP contribution is 2.21. The number of hydrogen-bond donors (Lipinski definition) is 0. The van der Waals surface area contributed by atoms with Crippen molar-refractivity contribution < 1.29 is 0 Å². The van der Waals surface area contributed by atoms with Gasteiger partial charge < -0.3 is 0 Å². The van der Waals surface area contributed by atoms with Crippen molar-refractivity contribution in [3.05, 3.63) is 16.1 Å². The molecule has 0 radical (unpaired) electrons. The fourth-order valence-electron chi connectivity index (χ4n) is 1.63. The van der Waals surface area contributed by atoms with Crippen LogP contribution >= 0.6 is 11.3 Å². The SMILES string of the molecule is c1nc2c(s1)CCCCCC2. The zero-order valence-electron chi connectivity index (χ0n) is 6.68. The van der Waals surface area contributed by atoms with E-state index in [-0.39, 0.29) is 0 Å². The third kappa shape index (κ3) is 1.62. The van der Waals surface area contributed by atoms with E-state index in [1.54, 1.807) is 4.88 Å². The first-order chi connectivity index (χ1) is 5.47. The van der Waals surface area contributed by atoms with Crippen LogP contribution in [0.3, 0.4) is 0 Å². The van der Waals surface area contributed by atoms with Gasteiger partial charge in [0.05, 0.1) is 11.2 Å². The summed E-state index contributed by atoms with van der Waals surface area (Å²) < 4.78 is 0. The minimum absolute atomic E-state index is 1.22. The molecule has 0 saturated heterocycles. The first-order valence-electron chi connectivity index (χ1n) is 4.38. The van der Waals surface area contributed by atoms with Gasteiger partial charge in [0.15, 0.2) is 0 Å². The molecule has 1 aromatic heterocycles. The molecule has 0 unspecified atom stereocenters. The van der Waals surface area contributed by atoms with Crippen LogP contribution in [-0.4, -0.2) is 4.98 Å². The Balaban J connectivity index is 2.18. The van der Waals surface area contributed by atoms with Crippen LogP contribution in [0.1, 0.15) is 36.3 Å². The van der Waals surface area contributed by atoms with Crippen molar-refractivity contribution in [1.29, 1.82) is 0 Å². The highest BCUT2D eigenvalue weighted by molar-refractivity contribution is 7.09. The summed E-state index contributed by atoms with van der Waals surface area (Å²) >= 11 is 1.84. The summed E-state index contributed by atoms with van der Waals surface area (Å²) in [6.07, 6.45) is 8.03. The van der Waals surface area contributed by atoms with E-state index in [1.807, 2.05) is 16.8 Å². The van der Waals surface area contributed by atoms with Gasteiger partial charge in [-0.15, -0.1) is 11.3 Å². The molecule has 0 aliphatic heterocycles. The molecule has 1 aliphatic rings. The lowest BCUT2D eigenvalue weighted by atomic mass is 10.0. The minimum atomic E-state index is 1.22. The highest BCUT2D eigenvalue weighted by atomic mass is 32.1. The van der Waals surface area contributed by atoms with Gasteiger partial charge in [-0.1, -0.05) is 12.8 Å². The van der Waals surface area contributed by atoms with Crippen LogP contribution in [0, 0.1) is 0 Å². The van der Waals surface area contributed by atoms with Gasteiger partial charge >= 0.3 is 0 Å². The standard InChI is InChI=1S/C9H13NS/c1-2-4-6-9-8(5-3-1)10-7-11-9/h7H,1-6H2. The van der Waals surface area contributed by atoms with Crippen molar-refractivity contribution in [2.75, 3.05) is 0 Å². The van der Waals surface area contributed by atoms with Crippen LogP contribution in [0.2, 0.25) is 0 Å². The fraction of sp³-hybridized carbons (Fsp3) is 0.667. The summed E-state index contributed by atoms with van der Waals surface area (Å²) in [5.74, 6) is 0. The van der Waals surface area contributed by atoms with Gasteiger partial charge in [0.1, 0.15) is 0 Å². The molecule has 0 N–H and O–H groups in total. The van der Waals surface area contributed by atoms with E-state index in [9.17, 15) is 0 Å². The molecule has 1 aliphatic carbocycles. The predicted octanol–water partition coefficient (Wildman–Crippen LogP) is 2.80. The Labute approximate surface area is 71.5 Å². The summed E-state index contributed by atoms with van der Waals surface area (Å²) in [4.78, 5) is 5.92. The number of aryl methyl sites for hydroxylation is 2. The monoisotopic (exact) mass is 167 g/mol. The molecule has 0 spiro atoms. The number of nitrogens with zero attached hydrogens (tertiary/aromatic N) is 1. The predicted molar refractivity (Wildman–Crippen MR) is 48.0 cm³/mol. The Morgan fingerprint density at radius 3 is 2.82 bits per heavy atom. The molecule has 1 heterocycles. The van der Waals surface area contributed by atoms with Crippen molar-refractivity contribution in [2.24, 2.45) is 0 Å². The molecule has 2 rings (SSSR count). The number of thiazole rings is 1. The quantitative estimate of drug-likeness (QED) is 0.579. The van der Waals surface area contributed by atoms with Crippen molar-refractivity contribution in [3.63, 3.8) is 0 Å². The Morgan fingerprint density at radius 2 is 1.91 bits per heavy atom. The van der Waals surface area contributed by atoms with E-state index in [0.717, 1.165) is 0 Å².